The molecule has 1 atom stereocenters. The first kappa shape index (κ1) is 9.65. The Bertz CT molecular complexity index is 324. The number of carbonyl (C=O) groups is 1. The molecule has 1 aliphatic heterocycles. The zero-order chi connectivity index (χ0) is 9.97. The monoisotopic (exact) mass is 210 g/mol. The van der Waals surface area contributed by atoms with Crippen molar-refractivity contribution in [3.05, 3.63) is 11.1 Å². The van der Waals surface area contributed by atoms with Crippen LogP contribution in [0.1, 0.15) is 18.5 Å². The van der Waals surface area contributed by atoms with E-state index in [0.29, 0.717) is 0 Å². The second-order valence-electron chi connectivity index (χ2n) is 3.76. The Morgan fingerprint density at radius 3 is 3.21 bits per heavy atom. The molecular formula is C10H14N2OS. The van der Waals surface area contributed by atoms with Crippen molar-refractivity contribution >= 4 is 22.8 Å². The van der Waals surface area contributed by atoms with E-state index in [1.807, 2.05) is 6.92 Å². The van der Waals surface area contributed by atoms with Crippen molar-refractivity contribution in [1.29, 1.82) is 0 Å². The maximum absolute atomic E-state index is 10.7. The average molecular weight is 210 g/mol. The molecule has 4 heteroatoms. The molecule has 1 aliphatic rings. The summed E-state index contributed by atoms with van der Waals surface area (Å²) in [6, 6.07) is 0. The fourth-order valence-corrected chi connectivity index (χ4v) is 2.62. The van der Waals surface area contributed by atoms with Crippen LogP contribution in [0.2, 0.25) is 0 Å². The van der Waals surface area contributed by atoms with Gasteiger partial charge in [0.05, 0.1) is 5.69 Å². The SMILES string of the molecule is Cc1csc(N2CCCC(C=O)C2)n1. The number of aromatic nitrogens is 1. The zero-order valence-electron chi connectivity index (χ0n) is 8.27. The number of nitrogens with zero attached hydrogens (tertiary/aromatic N) is 2. The van der Waals surface area contributed by atoms with E-state index in [1.165, 1.54) is 0 Å². The summed E-state index contributed by atoms with van der Waals surface area (Å²) in [6.45, 7) is 3.88. The minimum absolute atomic E-state index is 0.202. The van der Waals surface area contributed by atoms with E-state index in [1.54, 1.807) is 11.3 Å². The fourth-order valence-electron chi connectivity index (χ4n) is 1.78. The van der Waals surface area contributed by atoms with Gasteiger partial charge in [-0.05, 0) is 19.8 Å². The largest absolute Gasteiger partial charge is 0.347 e. The van der Waals surface area contributed by atoms with E-state index in [-0.39, 0.29) is 5.92 Å². The lowest BCUT2D eigenvalue weighted by molar-refractivity contribution is -0.111. The van der Waals surface area contributed by atoms with Gasteiger partial charge in [0.15, 0.2) is 5.13 Å². The molecule has 0 radical (unpaired) electrons. The maximum atomic E-state index is 10.7. The normalized spacial score (nSPS) is 22.4. The van der Waals surface area contributed by atoms with E-state index >= 15 is 0 Å². The highest BCUT2D eigenvalue weighted by Crippen LogP contribution is 2.25. The van der Waals surface area contributed by atoms with E-state index < -0.39 is 0 Å². The quantitative estimate of drug-likeness (QED) is 0.699. The van der Waals surface area contributed by atoms with Crippen LogP contribution in [0.15, 0.2) is 5.38 Å². The molecule has 3 nitrogen and oxygen atoms in total. The van der Waals surface area contributed by atoms with Crippen molar-refractivity contribution in [2.75, 3.05) is 18.0 Å². The smallest absolute Gasteiger partial charge is 0.185 e. The summed E-state index contributed by atoms with van der Waals surface area (Å²) in [5.41, 5.74) is 1.07. The zero-order valence-corrected chi connectivity index (χ0v) is 9.09. The Kier molecular flexibility index (Phi) is 2.82. The highest BCUT2D eigenvalue weighted by molar-refractivity contribution is 7.13. The van der Waals surface area contributed by atoms with E-state index in [9.17, 15) is 4.79 Å². The first-order valence-electron chi connectivity index (χ1n) is 4.92. The van der Waals surface area contributed by atoms with Crippen LogP contribution >= 0.6 is 11.3 Å². The molecule has 0 aromatic carbocycles. The number of aryl methyl sites for hydroxylation is 1. The molecule has 0 amide bonds. The van der Waals surface area contributed by atoms with Gasteiger partial charge < -0.3 is 9.69 Å². The van der Waals surface area contributed by atoms with Gasteiger partial charge in [-0.2, -0.15) is 0 Å². The second kappa shape index (κ2) is 4.09. The van der Waals surface area contributed by atoms with Gasteiger partial charge in [0.2, 0.25) is 0 Å². The van der Waals surface area contributed by atoms with Crippen LogP contribution in [-0.4, -0.2) is 24.4 Å². The lowest BCUT2D eigenvalue weighted by Gasteiger charge is -2.29. The van der Waals surface area contributed by atoms with Gasteiger partial charge in [-0.15, -0.1) is 11.3 Å². The molecule has 1 aromatic rings. The maximum Gasteiger partial charge on any atom is 0.185 e. The highest BCUT2D eigenvalue weighted by Gasteiger charge is 2.20. The van der Waals surface area contributed by atoms with Crippen molar-refractivity contribution < 1.29 is 4.79 Å². The van der Waals surface area contributed by atoms with Crippen molar-refractivity contribution in [3.8, 4) is 0 Å². The van der Waals surface area contributed by atoms with Gasteiger partial charge in [0.25, 0.3) is 0 Å². The molecular weight excluding hydrogens is 196 g/mol. The molecule has 2 rings (SSSR count). The highest BCUT2D eigenvalue weighted by atomic mass is 32.1. The van der Waals surface area contributed by atoms with Gasteiger partial charge >= 0.3 is 0 Å². The van der Waals surface area contributed by atoms with E-state index in [2.05, 4.69) is 15.3 Å². The van der Waals surface area contributed by atoms with Gasteiger partial charge in [-0.25, -0.2) is 4.98 Å². The van der Waals surface area contributed by atoms with Crippen LogP contribution in [0.3, 0.4) is 0 Å². The van der Waals surface area contributed by atoms with Crippen LogP contribution in [-0.2, 0) is 4.79 Å². The molecule has 0 bridgehead atoms. The predicted molar refractivity (Wildman–Crippen MR) is 57.9 cm³/mol. The van der Waals surface area contributed by atoms with Crippen LogP contribution in [0, 0.1) is 12.8 Å². The molecule has 0 spiro atoms. The van der Waals surface area contributed by atoms with E-state index in [0.717, 1.165) is 43.0 Å². The fraction of sp³-hybridized carbons (Fsp3) is 0.600. The number of thiazole rings is 1. The molecule has 1 fully saturated rings. The van der Waals surface area contributed by atoms with Crippen LogP contribution < -0.4 is 4.90 Å². The molecule has 0 N–H and O–H groups in total. The minimum Gasteiger partial charge on any atom is -0.347 e. The molecule has 2 heterocycles. The number of hydrogen-bond acceptors (Lipinski definition) is 4. The van der Waals surface area contributed by atoms with Crippen molar-refractivity contribution in [2.45, 2.75) is 19.8 Å². The average Bonchev–Trinajstić information content (AvgIpc) is 2.65. The Balaban J connectivity index is 2.07. The van der Waals surface area contributed by atoms with Gasteiger partial charge in [-0.3, -0.25) is 0 Å². The summed E-state index contributed by atoms with van der Waals surface area (Å²) in [7, 11) is 0. The number of piperidine rings is 1. The third-order valence-corrected chi connectivity index (χ3v) is 3.55. The number of anilines is 1. The first-order chi connectivity index (χ1) is 6.79. The molecule has 76 valence electrons. The summed E-state index contributed by atoms with van der Waals surface area (Å²) < 4.78 is 0. The van der Waals surface area contributed by atoms with Gasteiger partial charge in [0, 0.05) is 24.4 Å². The summed E-state index contributed by atoms with van der Waals surface area (Å²) in [4.78, 5) is 17.4. The Labute approximate surface area is 87.8 Å². The number of aldehydes is 1. The van der Waals surface area contributed by atoms with Crippen molar-refractivity contribution in [2.24, 2.45) is 5.92 Å². The first-order valence-corrected chi connectivity index (χ1v) is 5.80. The van der Waals surface area contributed by atoms with Gasteiger partial charge in [0.1, 0.15) is 6.29 Å². The van der Waals surface area contributed by atoms with E-state index in [4.69, 9.17) is 0 Å². The molecule has 1 saturated heterocycles. The minimum atomic E-state index is 0.202. The summed E-state index contributed by atoms with van der Waals surface area (Å²) in [5.74, 6) is 0.202. The lowest BCUT2D eigenvalue weighted by Crippen LogP contribution is -2.35. The van der Waals surface area contributed by atoms with Crippen molar-refractivity contribution in [3.63, 3.8) is 0 Å². The van der Waals surface area contributed by atoms with Crippen LogP contribution in [0.4, 0.5) is 5.13 Å². The molecule has 14 heavy (non-hydrogen) atoms. The predicted octanol–water partition coefficient (Wildman–Crippen LogP) is 1.87. The van der Waals surface area contributed by atoms with Crippen LogP contribution in [0.5, 0.6) is 0 Å². The second-order valence-corrected chi connectivity index (χ2v) is 4.59. The van der Waals surface area contributed by atoms with Crippen molar-refractivity contribution in [1.82, 2.24) is 4.98 Å². The van der Waals surface area contributed by atoms with Gasteiger partial charge in [-0.1, -0.05) is 0 Å². The standard InChI is InChI=1S/C10H14N2OS/c1-8-7-14-10(11-8)12-4-2-3-9(5-12)6-13/h6-7,9H,2-5H2,1H3. The lowest BCUT2D eigenvalue weighted by atomic mass is 10.0. The third kappa shape index (κ3) is 1.95. The molecule has 0 aliphatic carbocycles. The Hall–Kier alpha value is -0.900. The Morgan fingerprint density at radius 2 is 2.57 bits per heavy atom. The molecule has 1 aromatic heterocycles. The summed E-state index contributed by atoms with van der Waals surface area (Å²) in [6.07, 6.45) is 3.21. The Morgan fingerprint density at radius 1 is 1.71 bits per heavy atom. The third-order valence-electron chi connectivity index (χ3n) is 2.53. The van der Waals surface area contributed by atoms with Crippen LogP contribution in [0.25, 0.3) is 0 Å². The molecule has 1 unspecified atom stereocenters. The number of carbonyl (C=O) groups excluding carboxylic acids is 1. The number of hydrogen-bond donors (Lipinski definition) is 0. The number of rotatable bonds is 2. The summed E-state index contributed by atoms with van der Waals surface area (Å²) >= 11 is 1.67. The topological polar surface area (TPSA) is 33.2 Å². The molecule has 0 saturated carbocycles. The summed E-state index contributed by atoms with van der Waals surface area (Å²) in [5, 5.41) is 3.12.